The van der Waals surface area contributed by atoms with Crippen molar-refractivity contribution in [3.05, 3.63) is 59.7 Å². The second-order valence-electron chi connectivity index (χ2n) is 7.43. The molecule has 0 radical (unpaired) electrons. The van der Waals surface area contributed by atoms with Gasteiger partial charge in [0.1, 0.15) is 6.04 Å². The van der Waals surface area contributed by atoms with Gasteiger partial charge in [-0.25, -0.2) is 17.2 Å². The molecule has 0 aliphatic carbocycles. The van der Waals surface area contributed by atoms with Crippen molar-refractivity contribution in [2.45, 2.75) is 38.6 Å². The Labute approximate surface area is 186 Å². The number of carbonyl (C=O) groups is 2. The molecular formula is C22H27F2N3O4S. The van der Waals surface area contributed by atoms with Crippen molar-refractivity contribution in [1.29, 1.82) is 0 Å². The Hall–Kier alpha value is -2.85. The Kier molecular flexibility index (Phi) is 8.45. The van der Waals surface area contributed by atoms with Gasteiger partial charge in [0.15, 0.2) is 11.6 Å². The van der Waals surface area contributed by atoms with Gasteiger partial charge in [0, 0.05) is 30.4 Å². The molecule has 0 saturated heterocycles. The number of amides is 2. The Bertz CT molecular complexity index is 1090. The molecule has 0 saturated carbocycles. The number of halogens is 2. The highest BCUT2D eigenvalue weighted by atomic mass is 32.2. The molecule has 2 amide bonds. The maximum Gasteiger partial charge on any atom is 0.251 e. The fourth-order valence-electron chi connectivity index (χ4n) is 3.06. The predicted octanol–water partition coefficient (Wildman–Crippen LogP) is 3.39. The average molecular weight is 468 g/mol. The summed E-state index contributed by atoms with van der Waals surface area (Å²) in [5.74, 6) is -3.76. The molecule has 0 heterocycles. The van der Waals surface area contributed by atoms with Crippen LogP contribution >= 0.6 is 0 Å². The van der Waals surface area contributed by atoms with Gasteiger partial charge >= 0.3 is 0 Å². The summed E-state index contributed by atoms with van der Waals surface area (Å²) in [5, 5.41) is 5.04. The molecule has 7 nitrogen and oxygen atoms in total. The van der Waals surface area contributed by atoms with E-state index < -0.39 is 39.5 Å². The van der Waals surface area contributed by atoms with Crippen LogP contribution in [0.3, 0.4) is 0 Å². The number of rotatable bonds is 9. The average Bonchev–Trinajstić information content (AvgIpc) is 2.74. The van der Waals surface area contributed by atoms with Gasteiger partial charge in [-0.2, -0.15) is 4.31 Å². The molecule has 10 heteroatoms. The van der Waals surface area contributed by atoms with Crippen LogP contribution in [-0.4, -0.2) is 43.7 Å². The second-order valence-corrected chi connectivity index (χ2v) is 9.37. The minimum absolute atomic E-state index is 0.0267. The predicted molar refractivity (Wildman–Crippen MR) is 118 cm³/mol. The Balaban J connectivity index is 2.23. The quantitative estimate of drug-likeness (QED) is 0.591. The van der Waals surface area contributed by atoms with E-state index in [0.29, 0.717) is 0 Å². The summed E-state index contributed by atoms with van der Waals surface area (Å²) in [4.78, 5) is 25.4. The summed E-state index contributed by atoms with van der Waals surface area (Å²) < 4.78 is 53.3. The first-order chi connectivity index (χ1) is 15.0. The molecule has 0 bridgehead atoms. The van der Waals surface area contributed by atoms with Crippen molar-refractivity contribution in [2.75, 3.05) is 18.4 Å². The van der Waals surface area contributed by atoms with Crippen molar-refractivity contribution in [2.24, 2.45) is 5.92 Å². The Morgan fingerprint density at radius 3 is 2.22 bits per heavy atom. The first-order valence-corrected chi connectivity index (χ1v) is 11.6. The third-order valence-electron chi connectivity index (χ3n) is 4.86. The molecule has 32 heavy (non-hydrogen) atoms. The highest BCUT2D eigenvalue weighted by Crippen LogP contribution is 2.18. The van der Waals surface area contributed by atoms with Crippen LogP contribution in [0.2, 0.25) is 0 Å². The molecule has 0 unspecified atom stereocenters. The number of sulfonamides is 1. The van der Waals surface area contributed by atoms with E-state index in [-0.39, 0.29) is 35.2 Å². The van der Waals surface area contributed by atoms with E-state index in [1.807, 2.05) is 0 Å². The Morgan fingerprint density at radius 1 is 1.00 bits per heavy atom. The lowest BCUT2D eigenvalue weighted by molar-refractivity contribution is -0.118. The van der Waals surface area contributed by atoms with E-state index in [2.05, 4.69) is 10.6 Å². The summed E-state index contributed by atoms with van der Waals surface area (Å²) in [5.41, 5.74) is 0.116. The van der Waals surface area contributed by atoms with Crippen molar-refractivity contribution in [1.82, 2.24) is 9.62 Å². The van der Waals surface area contributed by atoms with Gasteiger partial charge in [-0.15, -0.1) is 0 Å². The van der Waals surface area contributed by atoms with Gasteiger partial charge in [-0.3, -0.25) is 9.59 Å². The lowest BCUT2D eigenvalue weighted by Gasteiger charge is -2.22. The van der Waals surface area contributed by atoms with E-state index in [9.17, 15) is 26.8 Å². The first-order valence-electron chi connectivity index (χ1n) is 10.2. The van der Waals surface area contributed by atoms with Crippen LogP contribution in [0, 0.1) is 17.6 Å². The highest BCUT2D eigenvalue weighted by molar-refractivity contribution is 7.89. The van der Waals surface area contributed by atoms with E-state index >= 15 is 0 Å². The van der Waals surface area contributed by atoms with Crippen molar-refractivity contribution >= 4 is 27.5 Å². The molecule has 1 atom stereocenters. The molecule has 2 N–H and O–H groups in total. The summed E-state index contributed by atoms with van der Waals surface area (Å²) in [6.07, 6.45) is 0. The minimum atomic E-state index is -3.76. The normalized spacial score (nSPS) is 12.6. The number of nitrogens with one attached hydrogen (secondary N) is 2. The summed E-state index contributed by atoms with van der Waals surface area (Å²) in [6, 6.07) is 7.49. The largest absolute Gasteiger partial charge is 0.340 e. The van der Waals surface area contributed by atoms with E-state index in [4.69, 9.17) is 0 Å². The molecule has 174 valence electrons. The van der Waals surface area contributed by atoms with Crippen LogP contribution in [0.25, 0.3) is 0 Å². The summed E-state index contributed by atoms with van der Waals surface area (Å²) in [7, 11) is -3.76. The van der Waals surface area contributed by atoms with Gasteiger partial charge in [0.05, 0.1) is 4.90 Å². The topological polar surface area (TPSA) is 95.6 Å². The van der Waals surface area contributed by atoms with Crippen LogP contribution in [0.1, 0.15) is 38.1 Å². The SMILES string of the molecule is CCN(CC)S(=O)(=O)c1cccc(C(=O)N[C@H](C(=O)Nc2ccc(F)c(F)c2)C(C)C)c1. The fourth-order valence-corrected chi connectivity index (χ4v) is 4.57. The molecule has 0 aliphatic rings. The zero-order chi connectivity index (χ0) is 24.1. The molecule has 0 spiro atoms. The van der Waals surface area contributed by atoms with Gasteiger partial charge in [0.2, 0.25) is 15.9 Å². The number of anilines is 1. The second kappa shape index (κ2) is 10.6. The molecule has 2 aromatic rings. The molecule has 2 rings (SSSR count). The third-order valence-corrected chi connectivity index (χ3v) is 6.91. The number of nitrogens with zero attached hydrogens (tertiary/aromatic N) is 1. The van der Waals surface area contributed by atoms with E-state index in [0.717, 1.165) is 12.1 Å². The Morgan fingerprint density at radius 2 is 1.66 bits per heavy atom. The van der Waals surface area contributed by atoms with E-state index in [1.165, 1.54) is 34.6 Å². The van der Waals surface area contributed by atoms with Crippen LogP contribution in [0.5, 0.6) is 0 Å². The van der Waals surface area contributed by atoms with Crippen molar-refractivity contribution in [3.8, 4) is 0 Å². The maximum absolute atomic E-state index is 13.4. The molecule has 0 aromatic heterocycles. The smallest absolute Gasteiger partial charge is 0.251 e. The summed E-state index contributed by atoms with van der Waals surface area (Å²) in [6.45, 7) is 7.42. The first kappa shape index (κ1) is 25.4. The highest BCUT2D eigenvalue weighted by Gasteiger charge is 2.27. The zero-order valence-corrected chi connectivity index (χ0v) is 19.2. The van der Waals surface area contributed by atoms with Crippen LogP contribution in [-0.2, 0) is 14.8 Å². The van der Waals surface area contributed by atoms with Gasteiger partial charge in [-0.1, -0.05) is 33.8 Å². The zero-order valence-electron chi connectivity index (χ0n) is 18.4. The molecule has 0 aliphatic heterocycles. The van der Waals surface area contributed by atoms with E-state index in [1.54, 1.807) is 27.7 Å². The molecule has 2 aromatic carbocycles. The number of hydrogen-bond acceptors (Lipinski definition) is 4. The lowest BCUT2D eigenvalue weighted by atomic mass is 10.0. The van der Waals surface area contributed by atoms with Crippen LogP contribution in [0.15, 0.2) is 47.4 Å². The number of carbonyl (C=O) groups excluding carboxylic acids is 2. The maximum atomic E-state index is 13.4. The monoisotopic (exact) mass is 467 g/mol. The molecule has 0 fully saturated rings. The fraction of sp³-hybridized carbons (Fsp3) is 0.364. The van der Waals surface area contributed by atoms with Crippen molar-refractivity contribution < 1.29 is 26.8 Å². The van der Waals surface area contributed by atoms with Crippen LogP contribution in [0.4, 0.5) is 14.5 Å². The van der Waals surface area contributed by atoms with Gasteiger partial charge in [-0.05, 0) is 36.2 Å². The van der Waals surface area contributed by atoms with Crippen molar-refractivity contribution in [3.63, 3.8) is 0 Å². The number of benzene rings is 2. The number of hydrogen-bond donors (Lipinski definition) is 2. The third kappa shape index (κ3) is 5.89. The van der Waals surface area contributed by atoms with Crippen LogP contribution < -0.4 is 10.6 Å². The minimum Gasteiger partial charge on any atom is -0.340 e. The summed E-state index contributed by atoms with van der Waals surface area (Å²) >= 11 is 0. The van der Waals surface area contributed by atoms with Gasteiger partial charge < -0.3 is 10.6 Å². The lowest BCUT2D eigenvalue weighted by Crippen LogP contribution is -2.47. The standard InChI is InChI=1S/C22H27F2N3O4S/c1-5-27(6-2)32(30,31)17-9-7-8-15(12-17)21(28)26-20(14(3)4)22(29)25-16-10-11-18(23)19(24)13-16/h7-14,20H,5-6H2,1-4H3,(H,25,29)(H,26,28)/t20-/m0/s1. The molecular weight excluding hydrogens is 440 g/mol. The van der Waals surface area contributed by atoms with Gasteiger partial charge in [0.25, 0.3) is 5.91 Å².